The van der Waals surface area contributed by atoms with Gasteiger partial charge in [0.1, 0.15) is 5.75 Å². The molecule has 2 aromatic rings. The van der Waals surface area contributed by atoms with Gasteiger partial charge < -0.3 is 10.1 Å². The molecule has 1 aromatic carbocycles. The molecular formula is C16H20N4O4S. The van der Waals surface area contributed by atoms with Gasteiger partial charge in [-0.25, -0.2) is 13.1 Å². The highest BCUT2D eigenvalue weighted by Crippen LogP contribution is 2.30. The number of carbonyl (C=O) groups excluding carboxylic acids is 1. The molecule has 1 aliphatic heterocycles. The molecule has 0 aliphatic carbocycles. The van der Waals surface area contributed by atoms with Crippen LogP contribution in [0.1, 0.15) is 24.4 Å². The van der Waals surface area contributed by atoms with Gasteiger partial charge in [0.15, 0.2) is 6.61 Å². The van der Waals surface area contributed by atoms with E-state index in [4.69, 9.17) is 4.74 Å². The zero-order valence-electron chi connectivity index (χ0n) is 14.2. The molecule has 0 bridgehead atoms. The molecule has 3 rings (SSSR count). The zero-order valence-corrected chi connectivity index (χ0v) is 15.1. The number of amides is 1. The minimum absolute atomic E-state index is 0.0672. The molecule has 25 heavy (non-hydrogen) atoms. The van der Waals surface area contributed by atoms with Crippen molar-refractivity contribution >= 4 is 21.6 Å². The van der Waals surface area contributed by atoms with Crippen molar-refractivity contribution in [2.75, 3.05) is 18.5 Å². The Bertz CT molecular complexity index is 920. The lowest BCUT2D eigenvalue weighted by Crippen LogP contribution is -2.31. The summed E-state index contributed by atoms with van der Waals surface area (Å²) in [6, 6.07) is 6.18. The number of rotatable bonds is 5. The third-order valence-corrected chi connectivity index (χ3v) is 5.35. The van der Waals surface area contributed by atoms with Gasteiger partial charge in [-0.15, -0.1) is 0 Å². The number of nitrogens with zero attached hydrogens (tertiary/aromatic N) is 2. The van der Waals surface area contributed by atoms with E-state index in [1.807, 2.05) is 26.8 Å². The van der Waals surface area contributed by atoms with Gasteiger partial charge >= 0.3 is 0 Å². The van der Waals surface area contributed by atoms with Crippen LogP contribution in [0.25, 0.3) is 0 Å². The Balaban J connectivity index is 1.75. The molecule has 1 atom stereocenters. The number of nitrogens with one attached hydrogen (secondary N) is 2. The first-order valence-corrected chi connectivity index (χ1v) is 9.34. The number of hydrogen-bond acceptors (Lipinski definition) is 5. The van der Waals surface area contributed by atoms with E-state index in [2.05, 4.69) is 15.1 Å². The number of fused-ring (bicyclic) bond motifs is 1. The maximum Gasteiger partial charge on any atom is 0.262 e. The second-order valence-corrected chi connectivity index (χ2v) is 7.83. The minimum atomic E-state index is -3.72. The molecule has 2 heterocycles. The topological polar surface area (TPSA) is 102 Å². The van der Waals surface area contributed by atoms with Crippen molar-refractivity contribution in [3.05, 3.63) is 35.7 Å². The summed E-state index contributed by atoms with van der Waals surface area (Å²) in [5.74, 6) is 0.141. The second-order valence-electron chi connectivity index (χ2n) is 6.07. The number of hydrogen-bond donors (Lipinski definition) is 2. The van der Waals surface area contributed by atoms with Gasteiger partial charge in [0.05, 0.1) is 22.3 Å². The molecule has 0 spiro atoms. The lowest BCUT2D eigenvalue weighted by molar-refractivity contribution is -0.118. The Morgan fingerprint density at radius 3 is 2.80 bits per heavy atom. The van der Waals surface area contributed by atoms with Gasteiger partial charge in [0.2, 0.25) is 10.0 Å². The van der Waals surface area contributed by atoms with Crippen molar-refractivity contribution in [3.8, 4) is 5.75 Å². The van der Waals surface area contributed by atoms with E-state index in [0.717, 1.165) is 11.4 Å². The van der Waals surface area contributed by atoms with Crippen LogP contribution in [0, 0.1) is 13.8 Å². The Kier molecular flexibility index (Phi) is 4.53. The van der Waals surface area contributed by atoms with Crippen molar-refractivity contribution in [1.82, 2.24) is 14.5 Å². The Morgan fingerprint density at radius 2 is 2.12 bits per heavy atom. The molecule has 0 saturated heterocycles. The van der Waals surface area contributed by atoms with Gasteiger partial charge in [0.25, 0.3) is 5.91 Å². The van der Waals surface area contributed by atoms with Crippen molar-refractivity contribution < 1.29 is 17.9 Å². The molecule has 0 radical (unpaired) electrons. The number of benzene rings is 1. The van der Waals surface area contributed by atoms with E-state index in [1.54, 1.807) is 4.68 Å². The summed E-state index contributed by atoms with van der Waals surface area (Å²) in [6.07, 6.45) is 0. The van der Waals surface area contributed by atoms with Crippen LogP contribution in [-0.2, 0) is 14.8 Å². The molecular weight excluding hydrogens is 344 g/mol. The normalized spacial score (nSPS) is 15.2. The number of carbonyl (C=O) groups is 1. The van der Waals surface area contributed by atoms with E-state index >= 15 is 0 Å². The third-order valence-electron chi connectivity index (χ3n) is 3.93. The zero-order chi connectivity index (χ0) is 18.2. The number of sulfonamides is 1. The number of aromatic nitrogens is 2. The van der Waals surface area contributed by atoms with Crippen LogP contribution in [0.2, 0.25) is 0 Å². The van der Waals surface area contributed by atoms with Gasteiger partial charge in [-0.05, 0) is 45.0 Å². The highest BCUT2D eigenvalue weighted by molar-refractivity contribution is 7.89. The highest BCUT2D eigenvalue weighted by atomic mass is 32.2. The minimum Gasteiger partial charge on any atom is -0.482 e. The van der Waals surface area contributed by atoms with E-state index in [1.165, 1.54) is 18.2 Å². The largest absolute Gasteiger partial charge is 0.482 e. The summed E-state index contributed by atoms with van der Waals surface area (Å²) in [5, 5.41) is 6.97. The van der Waals surface area contributed by atoms with Crippen LogP contribution >= 0.6 is 0 Å². The molecule has 1 aliphatic rings. The molecule has 8 nitrogen and oxygen atoms in total. The standard InChI is InChI=1S/C16H20N4O4S/c1-10-6-11(2)20(19-10)12(3)8-17-25(22,23)13-4-5-15-14(7-13)18-16(21)9-24-15/h4-7,12,17H,8-9H2,1-3H3,(H,18,21)/t12-/m0/s1. The van der Waals surface area contributed by atoms with Crippen molar-refractivity contribution in [3.63, 3.8) is 0 Å². The Morgan fingerprint density at radius 1 is 1.36 bits per heavy atom. The summed E-state index contributed by atoms with van der Waals surface area (Å²) >= 11 is 0. The number of aryl methyl sites for hydroxylation is 2. The summed E-state index contributed by atoms with van der Waals surface area (Å²) in [6.45, 7) is 5.84. The van der Waals surface area contributed by atoms with Crippen molar-refractivity contribution in [2.24, 2.45) is 0 Å². The summed E-state index contributed by atoms with van der Waals surface area (Å²) in [7, 11) is -3.72. The van der Waals surface area contributed by atoms with E-state index in [-0.39, 0.29) is 30.0 Å². The molecule has 0 unspecified atom stereocenters. The van der Waals surface area contributed by atoms with E-state index in [0.29, 0.717) is 11.4 Å². The summed E-state index contributed by atoms with van der Waals surface area (Å²) in [4.78, 5) is 11.4. The fourth-order valence-corrected chi connectivity index (χ4v) is 3.87. The quantitative estimate of drug-likeness (QED) is 0.834. The van der Waals surface area contributed by atoms with Gasteiger partial charge in [-0.3, -0.25) is 9.48 Å². The first kappa shape index (κ1) is 17.4. The SMILES string of the molecule is Cc1cc(C)n([C@@H](C)CNS(=O)(=O)c2ccc3c(c2)NC(=O)CO3)n1. The lowest BCUT2D eigenvalue weighted by atomic mass is 10.2. The monoisotopic (exact) mass is 364 g/mol. The van der Waals surface area contributed by atoms with E-state index < -0.39 is 10.0 Å². The van der Waals surface area contributed by atoms with E-state index in [9.17, 15) is 13.2 Å². The molecule has 134 valence electrons. The van der Waals surface area contributed by atoms with Gasteiger partial charge in [-0.2, -0.15) is 5.10 Å². The Hall–Kier alpha value is -2.39. The molecule has 1 aromatic heterocycles. The number of ether oxygens (including phenoxy) is 1. The van der Waals surface area contributed by atoms with Gasteiger partial charge in [0, 0.05) is 12.2 Å². The molecule has 1 amide bonds. The molecule has 0 fully saturated rings. The first-order chi connectivity index (χ1) is 11.8. The van der Waals surface area contributed by atoms with Crippen LogP contribution in [0.5, 0.6) is 5.75 Å². The molecule has 9 heteroatoms. The fraction of sp³-hybridized carbons (Fsp3) is 0.375. The van der Waals surface area contributed by atoms with Crippen LogP contribution in [0.3, 0.4) is 0 Å². The van der Waals surface area contributed by atoms with Crippen molar-refractivity contribution in [1.29, 1.82) is 0 Å². The van der Waals surface area contributed by atoms with Crippen LogP contribution in [0.4, 0.5) is 5.69 Å². The van der Waals surface area contributed by atoms with Crippen LogP contribution < -0.4 is 14.8 Å². The summed E-state index contributed by atoms with van der Waals surface area (Å²) in [5.41, 5.74) is 2.21. The first-order valence-electron chi connectivity index (χ1n) is 7.85. The maximum absolute atomic E-state index is 12.5. The predicted molar refractivity (Wildman–Crippen MR) is 92.2 cm³/mol. The predicted octanol–water partition coefficient (Wildman–Crippen LogP) is 1.37. The van der Waals surface area contributed by atoms with Crippen LogP contribution in [-0.4, -0.2) is 37.3 Å². The smallest absolute Gasteiger partial charge is 0.262 e. The third kappa shape index (κ3) is 3.67. The second kappa shape index (κ2) is 6.49. The highest BCUT2D eigenvalue weighted by Gasteiger charge is 2.21. The maximum atomic E-state index is 12.5. The van der Waals surface area contributed by atoms with Crippen LogP contribution in [0.15, 0.2) is 29.2 Å². The lowest BCUT2D eigenvalue weighted by Gasteiger charge is -2.19. The fourth-order valence-electron chi connectivity index (χ4n) is 2.72. The average molecular weight is 364 g/mol. The summed E-state index contributed by atoms with van der Waals surface area (Å²) < 4.78 is 34.7. The van der Waals surface area contributed by atoms with Gasteiger partial charge in [-0.1, -0.05) is 0 Å². The number of anilines is 1. The average Bonchev–Trinajstić information content (AvgIpc) is 2.90. The molecule has 0 saturated carbocycles. The molecule has 2 N–H and O–H groups in total. The Labute approximate surface area is 146 Å². The van der Waals surface area contributed by atoms with Crippen molar-refractivity contribution in [2.45, 2.75) is 31.7 Å².